The van der Waals surface area contributed by atoms with Crippen LogP contribution in [0.1, 0.15) is 34.3 Å². The van der Waals surface area contributed by atoms with E-state index < -0.39 is 0 Å². The van der Waals surface area contributed by atoms with Crippen LogP contribution in [0.5, 0.6) is 5.75 Å². The second kappa shape index (κ2) is 9.30. The number of imidazole rings is 1. The molecule has 0 unspecified atom stereocenters. The van der Waals surface area contributed by atoms with Crippen molar-refractivity contribution in [2.75, 3.05) is 19.0 Å². The average Bonchev–Trinajstić information content (AvgIpc) is 3.52. The lowest BCUT2D eigenvalue weighted by Crippen LogP contribution is -2.25. The summed E-state index contributed by atoms with van der Waals surface area (Å²) in [5, 5.41) is 7.02. The van der Waals surface area contributed by atoms with E-state index in [0.717, 1.165) is 40.8 Å². The van der Waals surface area contributed by atoms with Gasteiger partial charge in [0.15, 0.2) is 11.5 Å². The Labute approximate surface area is 202 Å². The predicted octanol–water partition coefficient (Wildman–Crippen LogP) is 4.54. The third-order valence-electron chi connectivity index (χ3n) is 6.01. The molecule has 0 saturated heterocycles. The number of benzene rings is 2. The summed E-state index contributed by atoms with van der Waals surface area (Å²) in [5.41, 5.74) is 5.81. The number of rotatable bonds is 8. The maximum absolute atomic E-state index is 12.4. The maximum Gasteiger partial charge on any atom is 0.251 e. The van der Waals surface area contributed by atoms with E-state index in [4.69, 9.17) is 16.3 Å². The summed E-state index contributed by atoms with van der Waals surface area (Å²) in [5.74, 6) is 1.40. The van der Waals surface area contributed by atoms with Crippen LogP contribution < -0.4 is 15.4 Å². The fourth-order valence-electron chi connectivity index (χ4n) is 4.04. The van der Waals surface area contributed by atoms with E-state index in [0.29, 0.717) is 46.6 Å². The van der Waals surface area contributed by atoms with Crippen molar-refractivity contribution in [2.45, 2.75) is 32.2 Å². The number of fused-ring (bicyclic) bond motifs is 1. The van der Waals surface area contributed by atoms with Crippen LogP contribution in [0.4, 0.5) is 5.82 Å². The average molecular weight is 477 g/mol. The summed E-state index contributed by atoms with van der Waals surface area (Å²) in [6, 6.07) is 9.85. The lowest BCUT2D eigenvalue weighted by molar-refractivity contribution is 0.0951. The molecule has 1 saturated carbocycles. The molecule has 8 nitrogen and oxygen atoms in total. The van der Waals surface area contributed by atoms with E-state index in [1.165, 1.54) is 6.33 Å². The van der Waals surface area contributed by atoms with Gasteiger partial charge in [0.05, 0.1) is 13.4 Å². The minimum atomic E-state index is -0.0358. The first-order chi connectivity index (χ1) is 16.5. The van der Waals surface area contributed by atoms with Crippen molar-refractivity contribution in [3.05, 3.63) is 64.7 Å². The smallest absolute Gasteiger partial charge is 0.251 e. The van der Waals surface area contributed by atoms with Crippen LogP contribution in [0.25, 0.3) is 22.3 Å². The maximum atomic E-state index is 12.4. The van der Waals surface area contributed by atoms with Crippen molar-refractivity contribution in [1.82, 2.24) is 25.3 Å². The van der Waals surface area contributed by atoms with E-state index >= 15 is 0 Å². The highest BCUT2D eigenvalue weighted by molar-refractivity contribution is 6.32. The largest absolute Gasteiger partial charge is 0.496 e. The number of aromatic nitrogens is 4. The van der Waals surface area contributed by atoms with E-state index in [1.807, 2.05) is 37.3 Å². The molecule has 2 aromatic heterocycles. The van der Waals surface area contributed by atoms with Crippen LogP contribution in [0.3, 0.4) is 0 Å². The number of ether oxygens (including phenoxy) is 1. The second-order valence-corrected chi connectivity index (χ2v) is 8.78. The van der Waals surface area contributed by atoms with Crippen molar-refractivity contribution in [3.8, 4) is 16.9 Å². The predicted molar refractivity (Wildman–Crippen MR) is 133 cm³/mol. The molecular weight excluding hydrogens is 452 g/mol. The number of H-pyrrole nitrogens is 1. The number of halogens is 1. The third kappa shape index (κ3) is 4.41. The van der Waals surface area contributed by atoms with Gasteiger partial charge in [0.1, 0.15) is 17.6 Å². The molecule has 1 amide bonds. The quantitative estimate of drug-likeness (QED) is 0.345. The van der Waals surface area contributed by atoms with Gasteiger partial charge in [0.2, 0.25) is 0 Å². The van der Waals surface area contributed by atoms with Gasteiger partial charge in [-0.25, -0.2) is 15.0 Å². The molecule has 2 aromatic carbocycles. The minimum absolute atomic E-state index is 0.0358. The number of anilines is 1. The topological polar surface area (TPSA) is 105 Å². The van der Waals surface area contributed by atoms with Gasteiger partial charge in [0, 0.05) is 28.7 Å². The van der Waals surface area contributed by atoms with Gasteiger partial charge < -0.3 is 20.4 Å². The number of carbonyl (C=O) groups is 1. The van der Waals surface area contributed by atoms with Gasteiger partial charge in [-0.1, -0.05) is 23.7 Å². The van der Waals surface area contributed by atoms with Crippen LogP contribution in [-0.4, -0.2) is 45.5 Å². The Kier molecular flexibility index (Phi) is 6.06. The van der Waals surface area contributed by atoms with Gasteiger partial charge in [-0.3, -0.25) is 4.79 Å². The Morgan fingerprint density at radius 3 is 2.74 bits per heavy atom. The Balaban J connectivity index is 1.39. The Morgan fingerprint density at radius 1 is 1.21 bits per heavy atom. The van der Waals surface area contributed by atoms with Crippen LogP contribution in [0.15, 0.2) is 43.0 Å². The third-order valence-corrected chi connectivity index (χ3v) is 6.40. The van der Waals surface area contributed by atoms with Gasteiger partial charge in [-0.05, 0) is 61.1 Å². The first-order valence-corrected chi connectivity index (χ1v) is 11.6. The Hall–Kier alpha value is -3.65. The van der Waals surface area contributed by atoms with Crippen molar-refractivity contribution in [3.63, 3.8) is 0 Å². The number of aromatic amines is 1. The monoisotopic (exact) mass is 476 g/mol. The molecule has 9 heteroatoms. The standard InChI is InChI=1S/C25H25ClN6O2/c1-14-19(26)11-17(9-10-27-23-21-24(29-12-28-21)31-13-30-23)22(34-2)20(14)15-3-5-16(6-4-15)25(33)32-18-7-8-18/h3-6,11-13,18H,7-10H2,1-2H3,(H,32,33)(H2,27,28,29,30,31). The number of hydrogen-bond acceptors (Lipinski definition) is 6. The first kappa shape index (κ1) is 22.2. The molecule has 1 aliphatic carbocycles. The zero-order valence-corrected chi connectivity index (χ0v) is 19.7. The van der Waals surface area contributed by atoms with Crippen molar-refractivity contribution in [2.24, 2.45) is 0 Å². The normalized spacial score (nSPS) is 13.1. The molecule has 0 spiro atoms. The Morgan fingerprint density at radius 2 is 2.00 bits per heavy atom. The van der Waals surface area contributed by atoms with Crippen molar-refractivity contribution >= 4 is 34.5 Å². The Bertz CT molecular complexity index is 1350. The number of nitrogens with one attached hydrogen (secondary N) is 3. The van der Waals surface area contributed by atoms with E-state index in [2.05, 4.69) is 30.6 Å². The molecule has 5 rings (SSSR count). The molecule has 4 aromatic rings. The van der Waals surface area contributed by atoms with E-state index in [9.17, 15) is 4.79 Å². The highest BCUT2D eigenvalue weighted by atomic mass is 35.5. The van der Waals surface area contributed by atoms with Crippen LogP contribution in [0, 0.1) is 6.92 Å². The number of carbonyl (C=O) groups excluding carboxylic acids is 1. The van der Waals surface area contributed by atoms with Crippen LogP contribution >= 0.6 is 11.6 Å². The summed E-state index contributed by atoms with van der Waals surface area (Å²) in [6.45, 7) is 2.58. The zero-order valence-electron chi connectivity index (χ0n) is 19.0. The van der Waals surface area contributed by atoms with Crippen molar-refractivity contribution in [1.29, 1.82) is 0 Å². The number of hydrogen-bond donors (Lipinski definition) is 3. The number of methoxy groups -OCH3 is 1. The van der Waals surface area contributed by atoms with Crippen molar-refractivity contribution < 1.29 is 9.53 Å². The fourth-order valence-corrected chi connectivity index (χ4v) is 4.26. The minimum Gasteiger partial charge on any atom is -0.496 e. The summed E-state index contributed by atoms with van der Waals surface area (Å²) in [4.78, 5) is 28.1. The highest BCUT2D eigenvalue weighted by Gasteiger charge is 2.24. The molecule has 0 atom stereocenters. The lowest BCUT2D eigenvalue weighted by Gasteiger charge is -2.18. The molecule has 1 fully saturated rings. The molecule has 0 aliphatic heterocycles. The van der Waals surface area contributed by atoms with Gasteiger partial charge in [-0.15, -0.1) is 0 Å². The molecule has 1 aliphatic rings. The van der Waals surface area contributed by atoms with Gasteiger partial charge in [-0.2, -0.15) is 0 Å². The summed E-state index contributed by atoms with van der Waals surface area (Å²) < 4.78 is 5.86. The second-order valence-electron chi connectivity index (χ2n) is 8.37. The number of amides is 1. The highest BCUT2D eigenvalue weighted by Crippen LogP contribution is 2.40. The van der Waals surface area contributed by atoms with Crippen LogP contribution in [0.2, 0.25) is 5.02 Å². The molecule has 0 bridgehead atoms. The molecule has 2 heterocycles. The first-order valence-electron chi connectivity index (χ1n) is 11.2. The number of nitrogens with zero attached hydrogens (tertiary/aromatic N) is 3. The molecule has 34 heavy (non-hydrogen) atoms. The van der Waals surface area contributed by atoms with E-state index in [1.54, 1.807) is 13.4 Å². The van der Waals surface area contributed by atoms with E-state index in [-0.39, 0.29) is 5.91 Å². The molecule has 174 valence electrons. The summed E-state index contributed by atoms with van der Waals surface area (Å²) >= 11 is 6.63. The fraction of sp³-hybridized carbons (Fsp3) is 0.280. The molecule has 0 radical (unpaired) electrons. The summed E-state index contributed by atoms with van der Waals surface area (Å²) in [6.07, 6.45) is 5.88. The summed E-state index contributed by atoms with van der Waals surface area (Å²) in [7, 11) is 1.66. The van der Waals surface area contributed by atoms with Gasteiger partial charge >= 0.3 is 0 Å². The van der Waals surface area contributed by atoms with Crippen LogP contribution in [-0.2, 0) is 6.42 Å². The molecule has 3 N–H and O–H groups in total. The lowest BCUT2D eigenvalue weighted by atomic mass is 9.94. The SMILES string of the molecule is COc1c(CCNc2ncnc3[nH]cnc23)cc(Cl)c(C)c1-c1ccc(C(=O)NC2CC2)cc1. The molecular formula is C25H25ClN6O2. The zero-order chi connectivity index (χ0) is 23.7. The van der Waals surface area contributed by atoms with Gasteiger partial charge in [0.25, 0.3) is 5.91 Å².